The zero-order valence-electron chi connectivity index (χ0n) is 16.5. The first-order chi connectivity index (χ1) is 13.4. The number of benzene rings is 1. The molecule has 0 amide bonds. The zero-order valence-corrected chi connectivity index (χ0v) is 16.5. The Kier molecular flexibility index (Phi) is 7.07. The number of halogens is 4. The van der Waals surface area contributed by atoms with Gasteiger partial charge in [-0.25, -0.2) is 4.39 Å². The highest BCUT2D eigenvalue weighted by atomic mass is 19.4. The summed E-state index contributed by atoms with van der Waals surface area (Å²) in [7, 11) is 0. The minimum absolute atomic E-state index is 0.0900. The van der Waals surface area contributed by atoms with Crippen LogP contribution in [0.15, 0.2) is 18.2 Å². The van der Waals surface area contributed by atoms with Gasteiger partial charge in [-0.05, 0) is 43.7 Å². The quantitative estimate of drug-likeness (QED) is 0.605. The Balaban J connectivity index is 1.57. The molecule has 1 saturated carbocycles. The predicted octanol–water partition coefficient (Wildman–Crippen LogP) is 5.25. The second kappa shape index (κ2) is 9.33. The van der Waals surface area contributed by atoms with Crippen molar-refractivity contribution in [3.8, 4) is 5.75 Å². The zero-order chi connectivity index (χ0) is 20.1. The molecule has 1 aliphatic heterocycles. The van der Waals surface area contributed by atoms with Gasteiger partial charge in [-0.3, -0.25) is 4.90 Å². The van der Waals surface area contributed by atoms with Crippen molar-refractivity contribution in [3.63, 3.8) is 0 Å². The van der Waals surface area contributed by atoms with Crippen molar-refractivity contribution in [2.24, 2.45) is 5.92 Å². The van der Waals surface area contributed by atoms with E-state index in [0.29, 0.717) is 24.8 Å². The van der Waals surface area contributed by atoms with Crippen molar-refractivity contribution in [1.29, 1.82) is 0 Å². The summed E-state index contributed by atoms with van der Waals surface area (Å²) in [6.07, 6.45) is 3.19. The second-order valence-corrected chi connectivity index (χ2v) is 8.00. The number of alkyl halides is 3. The van der Waals surface area contributed by atoms with Crippen LogP contribution in [-0.2, 0) is 0 Å². The van der Waals surface area contributed by atoms with Crippen molar-refractivity contribution in [3.05, 3.63) is 24.0 Å². The lowest BCUT2D eigenvalue weighted by Gasteiger charge is -2.43. The molecule has 2 aliphatic rings. The molecule has 0 N–H and O–H groups in total. The average Bonchev–Trinajstić information content (AvgIpc) is 2.67. The fourth-order valence-electron chi connectivity index (χ4n) is 4.55. The molecule has 1 aromatic rings. The smallest absolute Gasteiger partial charge is 0.422 e. The molecule has 2 fully saturated rings. The molecule has 158 valence electrons. The third-order valence-corrected chi connectivity index (χ3v) is 6.00. The molecule has 7 heteroatoms. The van der Waals surface area contributed by atoms with Crippen LogP contribution in [0.25, 0.3) is 0 Å². The molecule has 1 aromatic carbocycles. The van der Waals surface area contributed by atoms with E-state index in [1.54, 1.807) is 0 Å². The summed E-state index contributed by atoms with van der Waals surface area (Å²) in [6, 6.07) is 4.30. The maximum Gasteiger partial charge on any atom is 0.422 e. The number of hydrogen-bond acceptors (Lipinski definition) is 3. The lowest BCUT2D eigenvalue weighted by Crippen LogP contribution is -2.51. The normalized spacial score (nSPS) is 24.4. The number of rotatable bonds is 6. The number of ether oxygens (including phenoxy) is 1. The highest BCUT2D eigenvalue weighted by molar-refractivity contribution is 5.59. The standard InChI is InChI=1S/C21H30F4N2O/c1-2-3-16-4-7-18(8-5-16)26-10-12-27(13-11-26)19-14-17(22)6-9-20(19)28-15-21(23,24)25/h6,9,14,16,18H,2-5,7-8,10-13,15H2,1H3. The van der Waals surface area contributed by atoms with E-state index in [2.05, 4.69) is 11.8 Å². The van der Waals surface area contributed by atoms with Crippen molar-refractivity contribution < 1.29 is 22.3 Å². The molecule has 0 atom stereocenters. The van der Waals surface area contributed by atoms with Crippen molar-refractivity contribution in [2.75, 3.05) is 37.7 Å². The van der Waals surface area contributed by atoms with Crippen LogP contribution in [0, 0.1) is 11.7 Å². The summed E-state index contributed by atoms with van der Waals surface area (Å²) >= 11 is 0. The summed E-state index contributed by atoms with van der Waals surface area (Å²) in [5, 5.41) is 0. The summed E-state index contributed by atoms with van der Waals surface area (Å²) in [5.74, 6) is 0.487. The molecule has 0 radical (unpaired) electrons. The molecule has 0 aromatic heterocycles. The third-order valence-electron chi connectivity index (χ3n) is 6.00. The Hall–Kier alpha value is -1.50. The van der Waals surface area contributed by atoms with Gasteiger partial charge in [0.1, 0.15) is 11.6 Å². The van der Waals surface area contributed by atoms with E-state index in [0.717, 1.165) is 25.1 Å². The van der Waals surface area contributed by atoms with Gasteiger partial charge in [-0.15, -0.1) is 0 Å². The van der Waals surface area contributed by atoms with Gasteiger partial charge >= 0.3 is 6.18 Å². The first-order valence-electron chi connectivity index (χ1n) is 10.3. The molecular formula is C21H30F4N2O. The summed E-state index contributed by atoms with van der Waals surface area (Å²) in [6.45, 7) is 3.90. The summed E-state index contributed by atoms with van der Waals surface area (Å²) < 4.78 is 56.2. The fraction of sp³-hybridized carbons (Fsp3) is 0.714. The number of nitrogens with zero attached hydrogens (tertiary/aromatic N) is 2. The lowest BCUT2D eigenvalue weighted by molar-refractivity contribution is -0.153. The van der Waals surface area contributed by atoms with Gasteiger partial charge in [0.05, 0.1) is 5.69 Å². The Labute approximate surface area is 164 Å². The van der Waals surface area contributed by atoms with Gasteiger partial charge in [-0.1, -0.05) is 19.8 Å². The Morgan fingerprint density at radius 1 is 1.04 bits per heavy atom. The monoisotopic (exact) mass is 402 g/mol. The topological polar surface area (TPSA) is 15.7 Å². The summed E-state index contributed by atoms with van der Waals surface area (Å²) in [5.41, 5.74) is 0.413. The molecule has 1 heterocycles. The first-order valence-corrected chi connectivity index (χ1v) is 10.3. The Morgan fingerprint density at radius 2 is 1.71 bits per heavy atom. The minimum Gasteiger partial charge on any atom is -0.482 e. The van der Waals surface area contributed by atoms with Crippen molar-refractivity contribution >= 4 is 5.69 Å². The van der Waals surface area contributed by atoms with Crippen LogP contribution in [0.1, 0.15) is 45.4 Å². The van der Waals surface area contributed by atoms with Crippen LogP contribution in [-0.4, -0.2) is 49.9 Å². The molecule has 0 unspecified atom stereocenters. The first kappa shape index (κ1) is 21.2. The average molecular weight is 402 g/mol. The van der Waals surface area contributed by atoms with Gasteiger partial charge in [0.15, 0.2) is 6.61 Å². The van der Waals surface area contributed by atoms with Crippen LogP contribution < -0.4 is 9.64 Å². The van der Waals surface area contributed by atoms with Crippen LogP contribution in [0.2, 0.25) is 0 Å². The third kappa shape index (κ3) is 5.75. The van der Waals surface area contributed by atoms with Crippen LogP contribution >= 0.6 is 0 Å². The molecule has 1 saturated heterocycles. The van der Waals surface area contributed by atoms with Gasteiger partial charge < -0.3 is 9.64 Å². The molecular weight excluding hydrogens is 372 g/mol. The number of hydrogen-bond donors (Lipinski definition) is 0. The highest BCUT2D eigenvalue weighted by Gasteiger charge is 2.31. The van der Waals surface area contributed by atoms with E-state index in [4.69, 9.17) is 4.74 Å². The van der Waals surface area contributed by atoms with Crippen molar-refractivity contribution in [1.82, 2.24) is 4.90 Å². The molecule has 3 rings (SSSR count). The summed E-state index contributed by atoms with van der Waals surface area (Å²) in [4.78, 5) is 4.43. The van der Waals surface area contributed by atoms with Gasteiger partial charge in [0.2, 0.25) is 0 Å². The van der Waals surface area contributed by atoms with E-state index in [1.165, 1.54) is 50.7 Å². The molecule has 3 nitrogen and oxygen atoms in total. The fourth-order valence-corrected chi connectivity index (χ4v) is 4.55. The molecule has 0 bridgehead atoms. The number of piperazine rings is 1. The van der Waals surface area contributed by atoms with E-state index >= 15 is 0 Å². The van der Waals surface area contributed by atoms with E-state index < -0.39 is 18.6 Å². The Bertz CT molecular complexity index is 621. The van der Waals surface area contributed by atoms with Gasteiger partial charge in [0, 0.05) is 38.3 Å². The Morgan fingerprint density at radius 3 is 2.32 bits per heavy atom. The molecule has 28 heavy (non-hydrogen) atoms. The maximum absolute atomic E-state index is 13.7. The molecule has 1 aliphatic carbocycles. The lowest BCUT2D eigenvalue weighted by atomic mass is 9.83. The second-order valence-electron chi connectivity index (χ2n) is 8.00. The largest absolute Gasteiger partial charge is 0.482 e. The van der Waals surface area contributed by atoms with E-state index in [9.17, 15) is 17.6 Å². The van der Waals surface area contributed by atoms with Crippen LogP contribution in [0.3, 0.4) is 0 Å². The SMILES string of the molecule is CCCC1CCC(N2CCN(c3cc(F)ccc3OCC(F)(F)F)CC2)CC1. The van der Waals surface area contributed by atoms with Crippen LogP contribution in [0.5, 0.6) is 5.75 Å². The predicted molar refractivity (Wildman–Crippen MR) is 102 cm³/mol. The molecule has 0 spiro atoms. The maximum atomic E-state index is 13.7. The number of anilines is 1. The van der Waals surface area contributed by atoms with Gasteiger partial charge in [0.25, 0.3) is 0 Å². The highest BCUT2D eigenvalue weighted by Crippen LogP contribution is 2.34. The van der Waals surface area contributed by atoms with Gasteiger partial charge in [-0.2, -0.15) is 13.2 Å². The van der Waals surface area contributed by atoms with E-state index in [-0.39, 0.29) is 5.75 Å². The van der Waals surface area contributed by atoms with Crippen LogP contribution in [0.4, 0.5) is 23.2 Å². The van der Waals surface area contributed by atoms with Crippen molar-refractivity contribution in [2.45, 2.75) is 57.7 Å². The minimum atomic E-state index is -4.42. The van der Waals surface area contributed by atoms with E-state index in [1.807, 2.05) is 4.90 Å².